The second-order valence-electron chi connectivity index (χ2n) is 9.68. The van der Waals surface area contributed by atoms with Crippen LogP contribution in [-0.4, -0.2) is 63.1 Å². The lowest BCUT2D eigenvalue weighted by molar-refractivity contribution is -0.121. The maximum absolute atomic E-state index is 13.1. The molecule has 3 aromatic heterocycles. The van der Waals surface area contributed by atoms with E-state index < -0.39 is 0 Å². The molecule has 2 aliphatic carbocycles. The van der Waals surface area contributed by atoms with Gasteiger partial charge in [0.1, 0.15) is 11.0 Å². The summed E-state index contributed by atoms with van der Waals surface area (Å²) < 4.78 is 1.58. The summed E-state index contributed by atoms with van der Waals surface area (Å²) in [4.78, 5) is 33.6. The molecule has 2 saturated carbocycles. The molecule has 0 atom stereocenters. The minimum absolute atomic E-state index is 0.0913. The summed E-state index contributed by atoms with van der Waals surface area (Å²) in [5, 5.41) is 21.1. The van der Waals surface area contributed by atoms with Gasteiger partial charge in [-0.05, 0) is 57.7 Å². The molecule has 0 radical (unpaired) electrons. The molecule has 3 aromatic rings. The van der Waals surface area contributed by atoms with Gasteiger partial charge in [-0.3, -0.25) is 9.59 Å². The van der Waals surface area contributed by atoms with Gasteiger partial charge in [0, 0.05) is 49.0 Å². The summed E-state index contributed by atoms with van der Waals surface area (Å²) in [5.41, 5.74) is 2.30. The van der Waals surface area contributed by atoms with Crippen LogP contribution in [0.15, 0.2) is 30.6 Å². The molecule has 0 unspecified atom stereocenters. The Bertz CT molecular complexity index is 1270. The summed E-state index contributed by atoms with van der Waals surface area (Å²) in [7, 11) is 1.84. The topological polar surface area (TPSA) is 137 Å². The lowest BCUT2D eigenvalue weighted by Gasteiger charge is -2.30. The number of halogens is 1. The molecule has 0 bridgehead atoms. The number of carbonyl (C=O) groups excluding carboxylic acids is 2. The first-order valence-corrected chi connectivity index (χ1v) is 13.1. The van der Waals surface area contributed by atoms with Crippen molar-refractivity contribution in [1.29, 1.82) is 0 Å². The van der Waals surface area contributed by atoms with Crippen molar-refractivity contribution in [1.82, 2.24) is 30.2 Å². The molecule has 5 N–H and O–H groups in total. The lowest BCUT2D eigenvalue weighted by Crippen LogP contribution is -2.40. The standard InChI is InChI=1S/C25H32ClN9O2/c1-27-10-9-23(36)32-17-6-4-16(5-7-17)31-22-13-19(30-15-2-3-15)24-29-14-20(35(24)34-22)25(37)33-18-8-11-28-21(26)12-18/h8,11-17,27,30H,2-7,9-10H2,1H3,(H,31,34)(H,32,36)(H,28,33,37). The van der Waals surface area contributed by atoms with Crippen LogP contribution < -0.4 is 26.6 Å². The molecule has 5 rings (SSSR count). The van der Waals surface area contributed by atoms with Gasteiger partial charge in [-0.15, -0.1) is 5.10 Å². The van der Waals surface area contributed by atoms with Crippen molar-refractivity contribution in [3.8, 4) is 0 Å². The molecule has 2 fully saturated rings. The molecule has 0 aliphatic heterocycles. The summed E-state index contributed by atoms with van der Waals surface area (Å²) in [6.07, 6.45) is 9.43. The predicted molar refractivity (Wildman–Crippen MR) is 143 cm³/mol. The number of carbonyl (C=O) groups is 2. The minimum atomic E-state index is -0.341. The molecular formula is C25H32ClN9O2. The van der Waals surface area contributed by atoms with Crippen molar-refractivity contribution in [3.05, 3.63) is 41.4 Å². The maximum Gasteiger partial charge on any atom is 0.276 e. The summed E-state index contributed by atoms with van der Waals surface area (Å²) in [5.74, 6) is 0.427. The van der Waals surface area contributed by atoms with Gasteiger partial charge in [0.25, 0.3) is 5.91 Å². The Morgan fingerprint density at radius 1 is 1.03 bits per heavy atom. The number of hydrogen-bond acceptors (Lipinski definition) is 8. The van der Waals surface area contributed by atoms with Gasteiger partial charge in [0.05, 0.1) is 11.9 Å². The minimum Gasteiger partial charge on any atom is -0.379 e. The summed E-state index contributed by atoms with van der Waals surface area (Å²) >= 11 is 5.96. The molecule has 2 amide bonds. The normalized spacial score (nSPS) is 19.4. The monoisotopic (exact) mass is 525 g/mol. The van der Waals surface area contributed by atoms with Crippen molar-refractivity contribution < 1.29 is 9.59 Å². The third-order valence-corrected chi connectivity index (χ3v) is 6.87. The van der Waals surface area contributed by atoms with E-state index in [2.05, 4.69) is 36.6 Å². The van der Waals surface area contributed by atoms with Crippen LogP contribution in [0, 0.1) is 0 Å². The van der Waals surface area contributed by atoms with E-state index >= 15 is 0 Å². The number of nitrogens with one attached hydrogen (secondary N) is 5. The van der Waals surface area contributed by atoms with E-state index in [4.69, 9.17) is 16.7 Å². The van der Waals surface area contributed by atoms with E-state index in [9.17, 15) is 9.59 Å². The number of pyridine rings is 1. The van der Waals surface area contributed by atoms with E-state index in [0.717, 1.165) is 44.2 Å². The third-order valence-electron chi connectivity index (χ3n) is 6.67. The van der Waals surface area contributed by atoms with Gasteiger partial charge in [-0.1, -0.05) is 11.6 Å². The van der Waals surface area contributed by atoms with Crippen LogP contribution in [0.2, 0.25) is 5.15 Å². The second-order valence-corrected chi connectivity index (χ2v) is 10.1. The summed E-state index contributed by atoms with van der Waals surface area (Å²) in [6, 6.07) is 6.07. The van der Waals surface area contributed by atoms with Crippen molar-refractivity contribution in [3.63, 3.8) is 0 Å². The van der Waals surface area contributed by atoms with E-state index in [1.54, 1.807) is 16.6 Å². The van der Waals surface area contributed by atoms with Crippen LogP contribution in [0.25, 0.3) is 5.65 Å². The van der Waals surface area contributed by atoms with Crippen molar-refractivity contribution in [2.45, 2.75) is 63.1 Å². The average Bonchev–Trinajstić information content (AvgIpc) is 3.59. The first-order valence-electron chi connectivity index (χ1n) is 12.8. The Hall–Kier alpha value is -3.44. The highest BCUT2D eigenvalue weighted by Crippen LogP contribution is 2.30. The Morgan fingerprint density at radius 3 is 2.49 bits per heavy atom. The van der Waals surface area contributed by atoms with E-state index in [1.807, 2.05) is 13.1 Å². The number of amides is 2. The predicted octanol–water partition coefficient (Wildman–Crippen LogP) is 3.05. The van der Waals surface area contributed by atoms with Gasteiger partial charge in [-0.2, -0.15) is 0 Å². The highest BCUT2D eigenvalue weighted by atomic mass is 35.5. The molecule has 0 aromatic carbocycles. The van der Waals surface area contributed by atoms with Crippen LogP contribution in [0.4, 0.5) is 17.2 Å². The molecule has 2 aliphatic rings. The van der Waals surface area contributed by atoms with E-state index in [1.165, 1.54) is 12.4 Å². The Balaban J connectivity index is 1.30. The van der Waals surface area contributed by atoms with Gasteiger partial charge in [0.2, 0.25) is 5.91 Å². The molecule has 37 heavy (non-hydrogen) atoms. The first kappa shape index (κ1) is 25.2. The fourth-order valence-corrected chi connectivity index (χ4v) is 4.73. The number of rotatable bonds is 10. The fraction of sp³-hybridized carbons (Fsp3) is 0.480. The highest BCUT2D eigenvalue weighted by molar-refractivity contribution is 6.29. The Morgan fingerprint density at radius 2 is 1.76 bits per heavy atom. The van der Waals surface area contributed by atoms with Gasteiger partial charge >= 0.3 is 0 Å². The third kappa shape index (κ3) is 6.47. The molecular weight excluding hydrogens is 494 g/mol. The van der Waals surface area contributed by atoms with Crippen LogP contribution in [0.3, 0.4) is 0 Å². The SMILES string of the molecule is CNCCC(=O)NC1CCC(Nc2cc(NC3CC3)c3ncc(C(=O)Nc4ccnc(Cl)c4)n3n2)CC1. The molecule has 196 valence electrons. The Kier molecular flexibility index (Phi) is 7.71. The second kappa shape index (κ2) is 11.3. The van der Waals surface area contributed by atoms with Crippen LogP contribution >= 0.6 is 11.6 Å². The highest BCUT2D eigenvalue weighted by Gasteiger charge is 2.26. The lowest BCUT2D eigenvalue weighted by atomic mass is 9.91. The average molecular weight is 526 g/mol. The van der Waals surface area contributed by atoms with E-state index in [-0.39, 0.29) is 23.9 Å². The smallest absolute Gasteiger partial charge is 0.276 e. The molecule has 11 nitrogen and oxygen atoms in total. The number of imidazole rings is 1. The number of fused-ring (bicyclic) bond motifs is 1. The number of hydrogen-bond donors (Lipinski definition) is 5. The number of nitrogens with zero attached hydrogens (tertiary/aromatic N) is 4. The molecule has 0 saturated heterocycles. The molecule has 12 heteroatoms. The van der Waals surface area contributed by atoms with Gasteiger partial charge < -0.3 is 26.6 Å². The molecule has 3 heterocycles. The fourth-order valence-electron chi connectivity index (χ4n) is 4.55. The zero-order valence-electron chi connectivity index (χ0n) is 20.8. The van der Waals surface area contributed by atoms with Gasteiger partial charge in [0.15, 0.2) is 11.3 Å². The van der Waals surface area contributed by atoms with E-state index in [0.29, 0.717) is 47.0 Å². The zero-order valence-corrected chi connectivity index (χ0v) is 21.5. The van der Waals surface area contributed by atoms with Crippen molar-refractivity contribution in [2.24, 2.45) is 0 Å². The van der Waals surface area contributed by atoms with Crippen LogP contribution in [0.5, 0.6) is 0 Å². The maximum atomic E-state index is 13.1. The van der Waals surface area contributed by atoms with Crippen LogP contribution in [0.1, 0.15) is 55.4 Å². The van der Waals surface area contributed by atoms with Crippen LogP contribution in [-0.2, 0) is 4.79 Å². The largest absolute Gasteiger partial charge is 0.379 e. The first-order chi connectivity index (χ1) is 18.0. The number of anilines is 3. The zero-order chi connectivity index (χ0) is 25.8. The van der Waals surface area contributed by atoms with Crippen molar-refractivity contribution in [2.75, 3.05) is 29.5 Å². The Labute approximate surface area is 220 Å². The number of aromatic nitrogens is 4. The quantitative estimate of drug-likeness (QED) is 0.255. The van der Waals surface area contributed by atoms with Crippen molar-refractivity contribution >= 4 is 46.3 Å². The van der Waals surface area contributed by atoms with Gasteiger partial charge in [-0.25, -0.2) is 14.5 Å². The summed E-state index contributed by atoms with van der Waals surface area (Å²) in [6.45, 7) is 0.679. The molecule has 0 spiro atoms.